The largest absolute Gasteiger partial charge is 0.467 e. The Morgan fingerprint density at radius 1 is 1.04 bits per heavy atom. The van der Waals surface area contributed by atoms with Crippen molar-refractivity contribution in [2.24, 2.45) is 0 Å². The number of anilines is 1. The van der Waals surface area contributed by atoms with Crippen LogP contribution in [0, 0.1) is 11.6 Å². The first kappa shape index (κ1) is 18.0. The lowest BCUT2D eigenvalue weighted by Gasteiger charge is -2.27. The summed E-state index contributed by atoms with van der Waals surface area (Å²) < 4.78 is 34.9. The van der Waals surface area contributed by atoms with Crippen molar-refractivity contribution in [2.45, 2.75) is 36.7 Å². The number of rotatable bonds is 6. The van der Waals surface area contributed by atoms with Gasteiger partial charge in [0, 0.05) is 24.4 Å². The molecule has 0 N–H and O–H groups in total. The highest BCUT2D eigenvalue weighted by atomic mass is 32.2. The first-order valence-electron chi connectivity index (χ1n) is 8.98. The molecule has 0 radical (unpaired) electrons. The number of hydrogen-bond donors (Lipinski definition) is 0. The van der Waals surface area contributed by atoms with Gasteiger partial charge in [-0.15, -0.1) is 10.2 Å². The summed E-state index contributed by atoms with van der Waals surface area (Å²) >= 11 is 1.34. The van der Waals surface area contributed by atoms with Crippen LogP contribution >= 0.6 is 11.8 Å². The predicted octanol–water partition coefficient (Wildman–Crippen LogP) is 4.48. The maximum Gasteiger partial charge on any atom is 0.228 e. The highest BCUT2D eigenvalue weighted by Gasteiger charge is 2.21. The Bertz CT molecular complexity index is 891. The number of furan rings is 1. The second-order valence-electron chi connectivity index (χ2n) is 6.50. The second kappa shape index (κ2) is 8.12. The van der Waals surface area contributed by atoms with E-state index in [0.717, 1.165) is 43.7 Å². The summed E-state index contributed by atoms with van der Waals surface area (Å²) in [7, 11) is 0. The van der Waals surface area contributed by atoms with Crippen LogP contribution in [0.25, 0.3) is 0 Å². The van der Waals surface area contributed by atoms with Gasteiger partial charge in [-0.3, -0.25) is 4.57 Å². The fourth-order valence-electron chi connectivity index (χ4n) is 3.21. The van der Waals surface area contributed by atoms with Crippen molar-refractivity contribution in [3.05, 3.63) is 59.6 Å². The molecule has 1 aliphatic rings. The van der Waals surface area contributed by atoms with Crippen molar-refractivity contribution in [3.8, 4) is 0 Å². The van der Waals surface area contributed by atoms with Gasteiger partial charge in [-0.2, -0.15) is 0 Å². The molecule has 0 aliphatic carbocycles. The first-order valence-corrected chi connectivity index (χ1v) is 9.97. The lowest BCUT2D eigenvalue weighted by atomic mass is 10.1. The standard InChI is InChI=1S/C19H20F2N4OS/c20-16-8-4-6-14(17(16)21)13-27-19-23-22-18(24-9-2-1-3-10-24)25(19)12-15-7-5-11-26-15/h4-8,11H,1-3,9-10,12-13H2. The molecule has 3 aromatic rings. The van der Waals surface area contributed by atoms with E-state index in [-0.39, 0.29) is 5.75 Å². The van der Waals surface area contributed by atoms with Crippen LogP contribution in [0.2, 0.25) is 0 Å². The van der Waals surface area contributed by atoms with E-state index >= 15 is 0 Å². The molecular weight excluding hydrogens is 370 g/mol. The van der Waals surface area contributed by atoms with Gasteiger partial charge in [-0.05, 0) is 37.5 Å². The summed E-state index contributed by atoms with van der Waals surface area (Å²) in [5.41, 5.74) is 0.312. The topological polar surface area (TPSA) is 47.1 Å². The molecule has 0 spiro atoms. The van der Waals surface area contributed by atoms with E-state index in [1.165, 1.54) is 24.2 Å². The fraction of sp³-hybridized carbons (Fsp3) is 0.368. The smallest absolute Gasteiger partial charge is 0.228 e. The normalized spacial score (nSPS) is 14.7. The summed E-state index contributed by atoms with van der Waals surface area (Å²) in [5.74, 6) is 0.234. The van der Waals surface area contributed by atoms with Crippen molar-refractivity contribution in [2.75, 3.05) is 18.0 Å². The van der Waals surface area contributed by atoms with E-state index in [4.69, 9.17) is 4.42 Å². The number of benzene rings is 1. The van der Waals surface area contributed by atoms with Crippen LogP contribution in [0.4, 0.5) is 14.7 Å². The molecule has 4 rings (SSSR count). The molecule has 1 saturated heterocycles. The third-order valence-electron chi connectivity index (χ3n) is 4.62. The highest BCUT2D eigenvalue weighted by Crippen LogP contribution is 2.28. The molecule has 1 fully saturated rings. The van der Waals surface area contributed by atoms with Gasteiger partial charge in [-0.25, -0.2) is 8.78 Å². The van der Waals surface area contributed by atoms with Gasteiger partial charge >= 0.3 is 0 Å². The van der Waals surface area contributed by atoms with E-state index in [2.05, 4.69) is 15.1 Å². The molecule has 1 aliphatic heterocycles. The Morgan fingerprint density at radius 3 is 2.67 bits per heavy atom. The van der Waals surface area contributed by atoms with Crippen molar-refractivity contribution in [3.63, 3.8) is 0 Å². The average molecular weight is 390 g/mol. The Labute approximate surface area is 160 Å². The molecular formula is C19H20F2N4OS. The fourth-order valence-corrected chi connectivity index (χ4v) is 4.12. The van der Waals surface area contributed by atoms with Crippen LogP contribution < -0.4 is 4.90 Å². The molecule has 1 aromatic carbocycles. The molecule has 0 unspecified atom stereocenters. The number of nitrogens with zero attached hydrogens (tertiary/aromatic N) is 4. The van der Waals surface area contributed by atoms with Crippen LogP contribution in [0.1, 0.15) is 30.6 Å². The van der Waals surface area contributed by atoms with Crippen molar-refractivity contribution in [1.29, 1.82) is 0 Å². The summed E-state index contributed by atoms with van der Waals surface area (Å²) in [6.07, 6.45) is 5.12. The number of thioether (sulfide) groups is 1. The van der Waals surface area contributed by atoms with Gasteiger partial charge in [0.05, 0.1) is 12.8 Å². The number of halogens is 2. The van der Waals surface area contributed by atoms with Crippen LogP contribution in [-0.2, 0) is 12.3 Å². The lowest BCUT2D eigenvalue weighted by Crippen LogP contribution is -2.32. The highest BCUT2D eigenvalue weighted by molar-refractivity contribution is 7.98. The molecule has 0 saturated carbocycles. The molecule has 8 heteroatoms. The molecule has 0 atom stereocenters. The average Bonchev–Trinajstić information content (AvgIpc) is 3.34. The molecule has 142 valence electrons. The molecule has 5 nitrogen and oxygen atoms in total. The first-order chi connectivity index (χ1) is 13.2. The molecule has 2 aromatic heterocycles. The molecule has 27 heavy (non-hydrogen) atoms. The molecule has 0 bridgehead atoms. The van der Waals surface area contributed by atoms with E-state index in [9.17, 15) is 8.78 Å². The predicted molar refractivity (Wildman–Crippen MR) is 99.8 cm³/mol. The quantitative estimate of drug-likeness (QED) is 0.581. The maximum absolute atomic E-state index is 14.0. The van der Waals surface area contributed by atoms with Gasteiger partial charge in [0.2, 0.25) is 5.95 Å². The van der Waals surface area contributed by atoms with Crippen LogP contribution in [0.5, 0.6) is 0 Å². The zero-order valence-electron chi connectivity index (χ0n) is 14.8. The second-order valence-corrected chi connectivity index (χ2v) is 7.44. The minimum Gasteiger partial charge on any atom is -0.467 e. The number of piperidine rings is 1. The maximum atomic E-state index is 14.0. The van der Waals surface area contributed by atoms with Crippen molar-refractivity contribution >= 4 is 17.7 Å². The summed E-state index contributed by atoms with van der Waals surface area (Å²) in [5, 5.41) is 9.36. The Balaban J connectivity index is 1.59. The summed E-state index contributed by atoms with van der Waals surface area (Å²) in [4.78, 5) is 2.23. The number of hydrogen-bond acceptors (Lipinski definition) is 5. The van der Waals surface area contributed by atoms with Gasteiger partial charge in [0.15, 0.2) is 16.8 Å². The van der Waals surface area contributed by atoms with E-state index in [0.29, 0.717) is 17.3 Å². The molecule has 3 heterocycles. The van der Waals surface area contributed by atoms with Crippen LogP contribution in [0.3, 0.4) is 0 Å². The Hall–Kier alpha value is -2.35. The van der Waals surface area contributed by atoms with Gasteiger partial charge in [0.1, 0.15) is 5.76 Å². The summed E-state index contributed by atoms with van der Waals surface area (Å²) in [6.45, 7) is 2.39. The van der Waals surface area contributed by atoms with Crippen LogP contribution in [-0.4, -0.2) is 27.9 Å². The molecule has 0 amide bonds. The Kier molecular flexibility index (Phi) is 5.42. The van der Waals surface area contributed by atoms with Crippen LogP contribution in [0.15, 0.2) is 46.2 Å². The summed E-state index contributed by atoms with van der Waals surface area (Å²) in [6, 6.07) is 7.97. The number of aromatic nitrogens is 3. The van der Waals surface area contributed by atoms with E-state index in [1.807, 2.05) is 16.7 Å². The zero-order chi connectivity index (χ0) is 18.6. The SMILES string of the molecule is Fc1cccc(CSc2nnc(N3CCCCC3)n2Cc2ccco2)c1F. The van der Waals surface area contributed by atoms with Crippen molar-refractivity contribution < 1.29 is 13.2 Å². The monoisotopic (exact) mass is 390 g/mol. The van der Waals surface area contributed by atoms with Gasteiger partial charge in [-0.1, -0.05) is 23.9 Å². The van der Waals surface area contributed by atoms with Crippen molar-refractivity contribution in [1.82, 2.24) is 14.8 Å². The Morgan fingerprint density at radius 2 is 1.89 bits per heavy atom. The minimum absolute atomic E-state index is 0.278. The van der Waals surface area contributed by atoms with E-state index < -0.39 is 11.6 Å². The minimum atomic E-state index is -0.834. The van der Waals surface area contributed by atoms with Gasteiger partial charge in [0.25, 0.3) is 0 Å². The van der Waals surface area contributed by atoms with Gasteiger partial charge < -0.3 is 9.32 Å². The zero-order valence-corrected chi connectivity index (χ0v) is 15.6. The lowest BCUT2D eigenvalue weighted by molar-refractivity contribution is 0.479. The third kappa shape index (κ3) is 4.00. The third-order valence-corrected chi connectivity index (χ3v) is 5.63. The van der Waals surface area contributed by atoms with E-state index in [1.54, 1.807) is 12.3 Å².